The highest BCUT2D eigenvalue weighted by atomic mass is 19.1. The van der Waals surface area contributed by atoms with Gasteiger partial charge in [-0.15, -0.1) is 0 Å². The monoisotopic (exact) mass is 232 g/mol. The van der Waals surface area contributed by atoms with Gasteiger partial charge in [-0.3, -0.25) is 4.79 Å². The van der Waals surface area contributed by atoms with Crippen molar-refractivity contribution in [2.45, 2.75) is 12.1 Å². The second kappa shape index (κ2) is 4.24. The molecule has 0 saturated carbocycles. The summed E-state index contributed by atoms with van der Waals surface area (Å²) in [6.07, 6.45) is 2.65. The fourth-order valence-electron chi connectivity index (χ4n) is 1.70. The first-order valence-corrected chi connectivity index (χ1v) is 5.25. The molecular formula is C13H13FN2O. The molecule has 0 bridgehead atoms. The van der Waals surface area contributed by atoms with Crippen LogP contribution in [0.4, 0.5) is 4.39 Å². The summed E-state index contributed by atoms with van der Waals surface area (Å²) in [6.45, 7) is 0. The Morgan fingerprint density at radius 2 is 1.88 bits per heavy atom. The van der Waals surface area contributed by atoms with Crippen molar-refractivity contribution in [2.24, 2.45) is 11.5 Å². The van der Waals surface area contributed by atoms with Crippen LogP contribution >= 0.6 is 0 Å². The standard InChI is InChI=1S/C13H13FN2O/c14-11-8-13(15,16)7-6-10(11)12(17)9-4-2-1-3-5-9/h1-7H,8,15-16H2. The summed E-state index contributed by atoms with van der Waals surface area (Å²) in [5.41, 5.74) is 10.4. The van der Waals surface area contributed by atoms with Crippen molar-refractivity contribution >= 4 is 5.78 Å². The summed E-state index contributed by atoms with van der Waals surface area (Å²) >= 11 is 0. The van der Waals surface area contributed by atoms with Crippen LogP contribution in [0, 0.1) is 0 Å². The van der Waals surface area contributed by atoms with E-state index in [1.54, 1.807) is 30.3 Å². The molecule has 3 nitrogen and oxygen atoms in total. The highest BCUT2D eigenvalue weighted by Crippen LogP contribution is 2.25. The molecule has 0 aliphatic heterocycles. The number of benzene rings is 1. The van der Waals surface area contributed by atoms with Crippen molar-refractivity contribution in [3.05, 3.63) is 59.4 Å². The van der Waals surface area contributed by atoms with Gasteiger partial charge in [-0.2, -0.15) is 0 Å². The zero-order chi connectivity index (χ0) is 12.5. The number of Topliss-reactive ketones (excluding diaryl/α,β-unsaturated/α-hetero) is 1. The highest BCUT2D eigenvalue weighted by molar-refractivity contribution is 6.11. The first-order valence-electron chi connectivity index (χ1n) is 5.25. The predicted octanol–water partition coefficient (Wildman–Crippen LogP) is 1.67. The Balaban J connectivity index is 2.31. The van der Waals surface area contributed by atoms with E-state index >= 15 is 0 Å². The van der Waals surface area contributed by atoms with Crippen molar-refractivity contribution in [1.29, 1.82) is 0 Å². The summed E-state index contributed by atoms with van der Waals surface area (Å²) in [7, 11) is 0. The van der Waals surface area contributed by atoms with Crippen molar-refractivity contribution < 1.29 is 9.18 Å². The molecule has 0 unspecified atom stereocenters. The SMILES string of the molecule is NC1(N)C=CC(C(=O)c2ccccc2)=C(F)C1. The van der Waals surface area contributed by atoms with Gasteiger partial charge in [-0.05, 0) is 12.2 Å². The molecule has 0 radical (unpaired) electrons. The summed E-state index contributed by atoms with van der Waals surface area (Å²) in [4.78, 5) is 12.0. The molecule has 0 atom stereocenters. The van der Waals surface area contributed by atoms with E-state index in [1.807, 2.05) is 0 Å². The number of carbonyl (C=O) groups is 1. The van der Waals surface area contributed by atoms with Gasteiger partial charge in [0.15, 0.2) is 5.78 Å². The molecule has 17 heavy (non-hydrogen) atoms. The van der Waals surface area contributed by atoms with Gasteiger partial charge < -0.3 is 11.5 Å². The molecule has 0 spiro atoms. The fourth-order valence-corrected chi connectivity index (χ4v) is 1.70. The van der Waals surface area contributed by atoms with Crippen LogP contribution < -0.4 is 11.5 Å². The zero-order valence-corrected chi connectivity index (χ0v) is 9.19. The number of ketones is 1. The lowest BCUT2D eigenvalue weighted by Crippen LogP contribution is -2.48. The minimum absolute atomic E-state index is 0.0303. The molecule has 1 aliphatic carbocycles. The topological polar surface area (TPSA) is 69.1 Å². The number of hydrogen-bond acceptors (Lipinski definition) is 3. The van der Waals surface area contributed by atoms with Gasteiger partial charge in [0.25, 0.3) is 0 Å². The summed E-state index contributed by atoms with van der Waals surface area (Å²) in [6, 6.07) is 8.54. The van der Waals surface area contributed by atoms with E-state index in [-0.39, 0.29) is 17.8 Å². The van der Waals surface area contributed by atoms with Gasteiger partial charge in [-0.25, -0.2) is 4.39 Å². The number of allylic oxidation sites excluding steroid dienone is 2. The van der Waals surface area contributed by atoms with E-state index in [9.17, 15) is 9.18 Å². The van der Waals surface area contributed by atoms with Gasteiger partial charge in [0, 0.05) is 12.0 Å². The van der Waals surface area contributed by atoms with Crippen LogP contribution in [-0.4, -0.2) is 11.4 Å². The van der Waals surface area contributed by atoms with Crippen LogP contribution in [0.25, 0.3) is 0 Å². The molecule has 0 aromatic heterocycles. The molecule has 1 aliphatic rings. The van der Waals surface area contributed by atoms with Crippen molar-refractivity contribution in [1.82, 2.24) is 0 Å². The van der Waals surface area contributed by atoms with E-state index in [0.717, 1.165) is 0 Å². The zero-order valence-electron chi connectivity index (χ0n) is 9.19. The lowest BCUT2D eigenvalue weighted by Gasteiger charge is -2.23. The van der Waals surface area contributed by atoms with Crippen LogP contribution in [0.2, 0.25) is 0 Å². The Hall–Kier alpha value is -1.78. The van der Waals surface area contributed by atoms with Crippen molar-refractivity contribution in [2.75, 3.05) is 0 Å². The van der Waals surface area contributed by atoms with Gasteiger partial charge in [0.05, 0.1) is 11.2 Å². The van der Waals surface area contributed by atoms with E-state index in [0.29, 0.717) is 5.56 Å². The number of carbonyl (C=O) groups excluding carboxylic acids is 1. The number of halogens is 1. The second-order valence-corrected chi connectivity index (χ2v) is 4.14. The normalized spacial score (nSPS) is 18.3. The average Bonchev–Trinajstić information content (AvgIpc) is 2.28. The third-order valence-corrected chi connectivity index (χ3v) is 2.59. The summed E-state index contributed by atoms with van der Waals surface area (Å²) in [5, 5.41) is 0. The van der Waals surface area contributed by atoms with E-state index in [4.69, 9.17) is 11.5 Å². The number of hydrogen-bond donors (Lipinski definition) is 2. The van der Waals surface area contributed by atoms with Crippen LogP contribution in [0.3, 0.4) is 0 Å². The lowest BCUT2D eigenvalue weighted by atomic mass is 9.92. The molecule has 4 heteroatoms. The minimum Gasteiger partial charge on any atom is -0.310 e. The predicted molar refractivity (Wildman–Crippen MR) is 63.8 cm³/mol. The Morgan fingerprint density at radius 1 is 1.24 bits per heavy atom. The largest absolute Gasteiger partial charge is 0.310 e. The molecular weight excluding hydrogens is 219 g/mol. The number of rotatable bonds is 2. The second-order valence-electron chi connectivity index (χ2n) is 4.14. The van der Waals surface area contributed by atoms with Crippen LogP contribution in [0.5, 0.6) is 0 Å². The molecule has 1 aromatic carbocycles. The molecule has 0 fully saturated rings. The molecule has 88 valence electrons. The van der Waals surface area contributed by atoms with Gasteiger partial charge >= 0.3 is 0 Å². The summed E-state index contributed by atoms with van der Waals surface area (Å²) < 4.78 is 13.7. The first-order chi connectivity index (χ1) is 7.99. The third kappa shape index (κ3) is 2.49. The Bertz CT molecular complexity index is 503. The Morgan fingerprint density at radius 3 is 2.47 bits per heavy atom. The lowest BCUT2D eigenvalue weighted by molar-refractivity contribution is 0.103. The van der Waals surface area contributed by atoms with E-state index in [1.165, 1.54) is 12.2 Å². The van der Waals surface area contributed by atoms with Crippen molar-refractivity contribution in [3.63, 3.8) is 0 Å². The van der Waals surface area contributed by atoms with Crippen LogP contribution in [0.1, 0.15) is 16.8 Å². The smallest absolute Gasteiger partial charge is 0.195 e. The van der Waals surface area contributed by atoms with E-state index < -0.39 is 11.5 Å². The fraction of sp³-hybridized carbons (Fsp3) is 0.154. The molecule has 2 rings (SSSR count). The minimum atomic E-state index is -1.20. The van der Waals surface area contributed by atoms with E-state index in [2.05, 4.69) is 0 Å². The number of nitrogens with two attached hydrogens (primary N) is 2. The molecule has 0 heterocycles. The highest BCUT2D eigenvalue weighted by Gasteiger charge is 2.27. The maximum Gasteiger partial charge on any atom is 0.195 e. The van der Waals surface area contributed by atoms with Crippen molar-refractivity contribution in [3.8, 4) is 0 Å². The Kier molecular flexibility index (Phi) is 2.92. The van der Waals surface area contributed by atoms with Crippen LogP contribution in [0.15, 0.2) is 53.9 Å². The van der Waals surface area contributed by atoms with Gasteiger partial charge in [-0.1, -0.05) is 30.3 Å². The molecule has 0 amide bonds. The molecule has 4 N–H and O–H groups in total. The first kappa shape index (κ1) is 11.7. The quantitative estimate of drug-likeness (QED) is 0.602. The van der Waals surface area contributed by atoms with Gasteiger partial charge in [0.1, 0.15) is 5.83 Å². The third-order valence-electron chi connectivity index (χ3n) is 2.59. The average molecular weight is 232 g/mol. The molecule has 0 saturated heterocycles. The van der Waals surface area contributed by atoms with Crippen LogP contribution in [-0.2, 0) is 0 Å². The Labute approximate surface area is 98.6 Å². The summed E-state index contributed by atoms with van der Waals surface area (Å²) in [5.74, 6) is -0.916. The maximum atomic E-state index is 13.7. The maximum absolute atomic E-state index is 13.7. The molecule has 1 aromatic rings. The van der Waals surface area contributed by atoms with Gasteiger partial charge in [0.2, 0.25) is 0 Å².